The number of hydrogen-bond acceptors (Lipinski definition) is 2. The van der Waals surface area contributed by atoms with Crippen LogP contribution >= 0.6 is 27.5 Å². The van der Waals surface area contributed by atoms with E-state index in [-0.39, 0.29) is 6.04 Å². The second-order valence-electron chi connectivity index (χ2n) is 4.69. The van der Waals surface area contributed by atoms with Gasteiger partial charge in [-0.1, -0.05) is 40.5 Å². The molecule has 0 aromatic heterocycles. The van der Waals surface area contributed by atoms with Gasteiger partial charge in [0.15, 0.2) is 0 Å². The quantitative estimate of drug-likeness (QED) is 0.803. The lowest BCUT2D eigenvalue weighted by atomic mass is 10.0. The molecule has 0 aliphatic carbocycles. The fourth-order valence-electron chi connectivity index (χ4n) is 1.83. The van der Waals surface area contributed by atoms with Crippen LogP contribution in [0.15, 0.2) is 46.9 Å². The first-order valence-corrected chi connectivity index (χ1v) is 7.73. The fraction of sp³-hybridized carbons (Fsp3) is 0.250. The summed E-state index contributed by atoms with van der Waals surface area (Å²) in [6.07, 6.45) is 1.78. The lowest BCUT2D eigenvalue weighted by Gasteiger charge is -2.12. The van der Waals surface area contributed by atoms with Gasteiger partial charge in [0.2, 0.25) is 0 Å². The summed E-state index contributed by atoms with van der Waals surface area (Å²) >= 11 is 9.65. The molecule has 0 aliphatic heterocycles. The van der Waals surface area contributed by atoms with Gasteiger partial charge in [0, 0.05) is 10.5 Å². The minimum absolute atomic E-state index is 0.171. The first-order chi connectivity index (χ1) is 9.58. The van der Waals surface area contributed by atoms with Gasteiger partial charge in [-0.2, -0.15) is 0 Å². The SMILES string of the molecule is CCC(N)Cc1ccc(Oc2ccc(Br)cc2)c(Cl)c1. The third-order valence-electron chi connectivity index (χ3n) is 3.06. The van der Waals surface area contributed by atoms with Crippen molar-refractivity contribution in [3.63, 3.8) is 0 Å². The Bertz CT molecular complexity index is 571. The molecule has 2 N–H and O–H groups in total. The predicted molar refractivity (Wildman–Crippen MR) is 87.6 cm³/mol. The fourth-order valence-corrected chi connectivity index (χ4v) is 2.34. The normalized spacial score (nSPS) is 12.2. The van der Waals surface area contributed by atoms with Crippen LogP contribution in [0, 0.1) is 0 Å². The monoisotopic (exact) mass is 353 g/mol. The molecule has 2 rings (SSSR count). The van der Waals surface area contributed by atoms with E-state index in [9.17, 15) is 0 Å². The number of rotatable bonds is 5. The molecule has 0 saturated heterocycles. The van der Waals surface area contributed by atoms with Crippen LogP contribution in [0.3, 0.4) is 0 Å². The zero-order valence-electron chi connectivity index (χ0n) is 11.3. The average molecular weight is 355 g/mol. The topological polar surface area (TPSA) is 35.2 Å². The maximum absolute atomic E-state index is 6.26. The summed E-state index contributed by atoms with van der Waals surface area (Å²) in [5, 5.41) is 0.605. The first-order valence-electron chi connectivity index (χ1n) is 6.56. The van der Waals surface area contributed by atoms with E-state index >= 15 is 0 Å². The molecule has 2 aromatic carbocycles. The Morgan fingerprint density at radius 2 is 1.90 bits per heavy atom. The van der Waals surface area contributed by atoms with Crippen LogP contribution in [0.25, 0.3) is 0 Å². The summed E-state index contributed by atoms with van der Waals surface area (Å²) in [6.45, 7) is 2.08. The summed E-state index contributed by atoms with van der Waals surface area (Å²) in [5.74, 6) is 1.41. The maximum Gasteiger partial charge on any atom is 0.146 e. The molecule has 2 aromatic rings. The average Bonchev–Trinajstić information content (AvgIpc) is 2.44. The van der Waals surface area contributed by atoms with Gasteiger partial charge >= 0.3 is 0 Å². The van der Waals surface area contributed by atoms with Crippen molar-refractivity contribution in [2.75, 3.05) is 0 Å². The summed E-state index contributed by atoms with van der Waals surface area (Å²) in [7, 11) is 0. The summed E-state index contributed by atoms with van der Waals surface area (Å²) in [6, 6.07) is 13.6. The Balaban J connectivity index is 2.11. The smallest absolute Gasteiger partial charge is 0.146 e. The molecule has 106 valence electrons. The lowest BCUT2D eigenvalue weighted by molar-refractivity contribution is 0.482. The van der Waals surface area contributed by atoms with E-state index in [4.69, 9.17) is 22.1 Å². The van der Waals surface area contributed by atoms with Gasteiger partial charge in [0.05, 0.1) is 5.02 Å². The molecule has 0 aliphatic rings. The zero-order chi connectivity index (χ0) is 14.5. The van der Waals surface area contributed by atoms with Crippen molar-refractivity contribution in [1.82, 2.24) is 0 Å². The highest BCUT2D eigenvalue weighted by molar-refractivity contribution is 9.10. The van der Waals surface area contributed by atoms with Crippen LogP contribution < -0.4 is 10.5 Å². The highest BCUT2D eigenvalue weighted by atomic mass is 79.9. The molecule has 0 fully saturated rings. The second kappa shape index (κ2) is 7.11. The van der Waals surface area contributed by atoms with E-state index in [2.05, 4.69) is 22.9 Å². The molecule has 0 bridgehead atoms. The molecule has 0 saturated carbocycles. The molecule has 1 unspecified atom stereocenters. The lowest BCUT2D eigenvalue weighted by Crippen LogP contribution is -2.21. The predicted octanol–water partition coefficient (Wildman–Crippen LogP) is 5.17. The van der Waals surface area contributed by atoms with E-state index in [0.717, 1.165) is 28.6 Å². The largest absolute Gasteiger partial charge is 0.456 e. The van der Waals surface area contributed by atoms with Gasteiger partial charge in [-0.3, -0.25) is 0 Å². The Kier molecular flexibility index (Phi) is 5.46. The van der Waals surface area contributed by atoms with Gasteiger partial charge in [-0.25, -0.2) is 0 Å². The Hall–Kier alpha value is -1.03. The maximum atomic E-state index is 6.26. The van der Waals surface area contributed by atoms with Gasteiger partial charge in [-0.15, -0.1) is 0 Å². The van der Waals surface area contributed by atoms with Crippen LogP contribution in [0.1, 0.15) is 18.9 Å². The van der Waals surface area contributed by atoms with Crippen LogP contribution in [0.5, 0.6) is 11.5 Å². The van der Waals surface area contributed by atoms with Crippen molar-refractivity contribution in [3.8, 4) is 11.5 Å². The van der Waals surface area contributed by atoms with Crippen molar-refractivity contribution in [2.45, 2.75) is 25.8 Å². The van der Waals surface area contributed by atoms with Crippen molar-refractivity contribution >= 4 is 27.5 Å². The molecule has 4 heteroatoms. The van der Waals surface area contributed by atoms with Crippen molar-refractivity contribution in [1.29, 1.82) is 0 Å². The van der Waals surface area contributed by atoms with E-state index < -0.39 is 0 Å². The molecule has 20 heavy (non-hydrogen) atoms. The minimum atomic E-state index is 0.171. The third-order valence-corrected chi connectivity index (χ3v) is 3.88. The summed E-state index contributed by atoms with van der Waals surface area (Å²) in [4.78, 5) is 0. The van der Waals surface area contributed by atoms with Crippen molar-refractivity contribution in [3.05, 3.63) is 57.5 Å². The van der Waals surface area contributed by atoms with Crippen LogP contribution in [0.2, 0.25) is 5.02 Å². The molecule has 0 spiro atoms. The van der Waals surface area contributed by atoms with Gasteiger partial charge in [-0.05, 0) is 54.8 Å². The first kappa shape index (κ1) is 15.4. The summed E-state index contributed by atoms with van der Waals surface area (Å²) < 4.78 is 6.78. The molecule has 0 heterocycles. The van der Waals surface area contributed by atoms with Crippen molar-refractivity contribution < 1.29 is 4.74 Å². The number of hydrogen-bond donors (Lipinski definition) is 1. The third kappa shape index (κ3) is 4.23. The van der Waals surface area contributed by atoms with Gasteiger partial charge in [0.1, 0.15) is 11.5 Å². The number of benzene rings is 2. The van der Waals surface area contributed by atoms with Crippen molar-refractivity contribution in [2.24, 2.45) is 5.73 Å². The molecule has 0 amide bonds. The van der Waals surface area contributed by atoms with E-state index in [1.165, 1.54) is 0 Å². The highest BCUT2D eigenvalue weighted by Gasteiger charge is 2.07. The standard InChI is InChI=1S/C16H17BrClNO/c1-2-13(19)9-11-3-8-16(15(18)10-11)20-14-6-4-12(17)5-7-14/h3-8,10,13H,2,9,19H2,1H3. The molecular formula is C16H17BrClNO. The Morgan fingerprint density at radius 3 is 2.50 bits per heavy atom. The van der Waals surface area contributed by atoms with Gasteiger partial charge < -0.3 is 10.5 Å². The Morgan fingerprint density at radius 1 is 1.20 bits per heavy atom. The molecule has 2 nitrogen and oxygen atoms in total. The van der Waals surface area contributed by atoms with Crippen LogP contribution in [-0.4, -0.2) is 6.04 Å². The van der Waals surface area contributed by atoms with E-state index in [1.807, 2.05) is 42.5 Å². The Labute approximate surface area is 133 Å². The minimum Gasteiger partial charge on any atom is -0.456 e. The molecule has 0 radical (unpaired) electrons. The highest BCUT2D eigenvalue weighted by Crippen LogP contribution is 2.31. The number of ether oxygens (including phenoxy) is 1. The molecule has 1 atom stereocenters. The number of halogens is 2. The second-order valence-corrected chi connectivity index (χ2v) is 6.02. The number of nitrogens with two attached hydrogens (primary N) is 1. The van der Waals surface area contributed by atoms with Crippen LogP contribution in [-0.2, 0) is 6.42 Å². The van der Waals surface area contributed by atoms with Gasteiger partial charge in [0.25, 0.3) is 0 Å². The zero-order valence-corrected chi connectivity index (χ0v) is 13.6. The van der Waals surface area contributed by atoms with E-state index in [1.54, 1.807) is 0 Å². The van der Waals surface area contributed by atoms with Crippen LogP contribution in [0.4, 0.5) is 0 Å². The summed E-state index contributed by atoms with van der Waals surface area (Å²) in [5.41, 5.74) is 7.08. The molecular weight excluding hydrogens is 338 g/mol. The van der Waals surface area contributed by atoms with E-state index in [0.29, 0.717) is 10.8 Å².